The van der Waals surface area contributed by atoms with Gasteiger partial charge in [-0.15, -0.1) is 0 Å². The Morgan fingerprint density at radius 2 is 1.76 bits per heavy atom. The maximum absolute atomic E-state index is 12.9. The molecule has 0 fully saturated rings. The quantitative estimate of drug-likeness (QED) is 0.644. The minimum absolute atomic E-state index is 0.225. The molecule has 0 saturated carbocycles. The van der Waals surface area contributed by atoms with Crippen molar-refractivity contribution in [1.29, 1.82) is 0 Å². The van der Waals surface area contributed by atoms with Gasteiger partial charge >= 0.3 is 0 Å². The van der Waals surface area contributed by atoms with E-state index in [1.54, 1.807) is 12.1 Å². The molecule has 0 atom stereocenters. The molecule has 1 aromatic heterocycles. The summed E-state index contributed by atoms with van der Waals surface area (Å²) in [7, 11) is 0. The normalized spacial score (nSPS) is 10.9. The fourth-order valence-electron chi connectivity index (χ4n) is 1.97. The summed E-state index contributed by atoms with van der Waals surface area (Å²) >= 11 is 5.93. The highest BCUT2D eigenvalue weighted by Gasteiger charge is 2.06. The first-order valence-corrected chi connectivity index (χ1v) is 5.64. The molecule has 0 spiro atoms. The van der Waals surface area contributed by atoms with Crippen LogP contribution >= 0.6 is 11.6 Å². The smallest absolute Gasteiger partial charge is 0.123 e. The minimum Gasteiger partial charge on any atom is -0.361 e. The molecule has 0 saturated heterocycles. The van der Waals surface area contributed by atoms with Crippen LogP contribution < -0.4 is 0 Å². The van der Waals surface area contributed by atoms with Crippen molar-refractivity contribution < 1.29 is 4.39 Å². The van der Waals surface area contributed by atoms with Gasteiger partial charge in [-0.2, -0.15) is 0 Å². The molecular formula is C14H9ClFN. The first kappa shape index (κ1) is 10.4. The number of halogens is 2. The molecule has 0 aliphatic rings. The van der Waals surface area contributed by atoms with Crippen molar-refractivity contribution in [3.8, 4) is 11.1 Å². The lowest BCUT2D eigenvalue weighted by molar-refractivity contribution is 0.628. The fraction of sp³-hybridized carbons (Fsp3) is 0. The van der Waals surface area contributed by atoms with Crippen LogP contribution in [0.2, 0.25) is 5.02 Å². The van der Waals surface area contributed by atoms with Crippen LogP contribution in [-0.2, 0) is 0 Å². The molecule has 84 valence electrons. The Bertz CT molecular complexity index is 670. The highest BCUT2D eigenvalue weighted by Crippen LogP contribution is 2.30. The highest BCUT2D eigenvalue weighted by molar-refractivity contribution is 6.31. The average Bonchev–Trinajstić information content (AvgIpc) is 2.73. The summed E-state index contributed by atoms with van der Waals surface area (Å²) in [6, 6.07) is 12.2. The topological polar surface area (TPSA) is 15.8 Å². The van der Waals surface area contributed by atoms with E-state index in [9.17, 15) is 4.39 Å². The van der Waals surface area contributed by atoms with E-state index in [1.165, 1.54) is 12.1 Å². The number of nitrogens with one attached hydrogen (secondary N) is 1. The summed E-state index contributed by atoms with van der Waals surface area (Å²) in [5, 5.41) is 1.78. The molecular weight excluding hydrogens is 237 g/mol. The molecule has 0 unspecified atom stereocenters. The lowest BCUT2D eigenvalue weighted by Crippen LogP contribution is -1.77. The van der Waals surface area contributed by atoms with Crippen molar-refractivity contribution in [2.45, 2.75) is 0 Å². The molecule has 0 aliphatic carbocycles. The van der Waals surface area contributed by atoms with Gasteiger partial charge in [0.25, 0.3) is 0 Å². The third kappa shape index (κ3) is 1.81. The van der Waals surface area contributed by atoms with Crippen LogP contribution in [0.25, 0.3) is 22.0 Å². The Balaban J connectivity index is 2.21. The van der Waals surface area contributed by atoms with Gasteiger partial charge < -0.3 is 4.98 Å². The van der Waals surface area contributed by atoms with Crippen molar-refractivity contribution in [3.05, 3.63) is 59.5 Å². The second-order valence-corrected chi connectivity index (χ2v) is 4.34. The summed E-state index contributed by atoms with van der Waals surface area (Å²) in [6.45, 7) is 0. The minimum atomic E-state index is -0.225. The van der Waals surface area contributed by atoms with Crippen LogP contribution in [0.3, 0.4) is 0 Å². The van der Waals surface area contributed by atoms with Crippen molar-refractivity contribution >= 4 is 22.5 Å². The van der Waals surface area contributed by atoms with Gasteiger partial charge in [-0.05, 0) is 29.8 Å². The summed E-state index contributed by atoms with van der Waals surface area (Å²) < 4.78 is 12.9. The molecule has 2 aromatic carbocycles. The van der Waals surface area contributed by atoms with Crippen LogP contribution in [-0.4, -0.2) is 4.98 Å². The lowest BCUT2D eigenvalue weighted by atomic mass is 10.1. The van der Waals surface area contributed by atoms with Gasteiger partial charge in [0.05, 0.1) is 0 Å². The van der Waals surface area contributed by atoms with E-state index >= 15 is 0 Å². The third-order valence-electron chi connectivity index (χ3n) is 2.80. The van der Waals surface area contributed by atoms with Crippen LogP contribution in [0, 0.1) is 5.82 Å². The summed E-state index contributed by atoms with van der Waals surface area (Å²) in [5.74, 6) is -0.225. The van der Waals surface area contributed by atoms with E-state index in [4.69, 9.17) is 11.6 Å². The fourth-order valence-corrected chi connectivity index (χ4v) is 2.14. The SMILES string of the molecule is Fc1ccc(-c2c[nH]c3cc(Cl)ccc23)cc1. The van der Waals surface area contributed by atoms with Gasteiger partial charge in [-0.3, -0.25) is 0 Å². The van der Waals surface area contributed by atoms with Gasteiger partial charge in [-0.25, -0.2) is 4.39 Å². The molecule has 0 bridgehead atoms. The van der Waals surface area contributed by atoms with E-state index in [0.717, 1.165) is 22.0 Å². The predicted molar refractivity (Wildman–Crippen MR) is 68.7 cm³/mol. The summed E-state index contributed by atoms with van der Waals surface area (Å²) in [5.41, 5.74) is 3.02. The molecule has 0 amide bonds. The summed E-state index contributed by atoms with van der Waals surface area (Å²) in [4.78, 5) is 3.16. The third-order valence-corrected chi connectivity index (χ3v) is 3.03. The molecule has 3 heteroatoms. The van der Waals surface area contributed by atoms with Gasteiger partial charge in [0.15, 0.2) is 0 Å². The van der Waals surface area contributed by atoms with Crippen LogP contribution in [0.15, 0.2) is 48.7 Å². The Kier molecular flexibility index (Phi) is 2.37. The van der Waals surface area contributed by atoms with Crippen molar-refractivity contribution in [3.63, 3.8) is 0 Å². The predicted octanol–water partition coefficient (Wildman–Crippen LogP) is 4.63. The number of rotatable bonds is 1. The molecule has 0 radical (unpaired) electrons. The Labute approximate surface area is 103 Å². The Morgan fingerprint density at radius 3 is 2.53 bits per heavy atom. The largest absolute Gasteiger partial charge is 0.361 e. The number of hydrogen-bond donors (Lipinski definition) is 1. The van der Waals surface area contributed by atoms with Crippen LogP contribution in [0.5, 0.6) is 0 Å². The second-order valence-electron chi connectivity index (χ2n) is 3.90. The van der Waals surface area contributed by atoms with Crippen LogP contribution in [0.1, 0.15) is 0 Å². The zero-order valence-electron chi connectivity index (χ0n) is 8.87. The number of H-pyrrole nitrogens is 1. The average molecular weight is 246 g/mol. The second kappa shape index (κ2) is 3.90. The standard InChI is InChI=1S/C14H9ClFN/c15-10-3-6-12-13(8-17-14(12)7-10)9-1-4-11(16)5-2-9/h1-8,17H. The lowest BCUT2D eigenvalue weighted by Gasteiger charge is -1.99. The highest BCUT2D eigenvalue weighted by atomic mass is 35.5. The van der Waals surface area contributed by atoms with E-state index < -0.39 is 0 Å². The molecule has 1 N–H and O–H groups in total. The monoisotopic (exact) mass is 245 g/mol. The number of aromatic nitrogens is 1. The van der Waals surface area contributed by atoms with Crippen molar-refractivity contribution in [2.24, 2.45) is 0 Å². The Morgan fingerprint density at radius 1 is 1.00 bits per heavy atom. The molecule has 1 nitrogen and oxygen atoms in total. The molecule has 0 aliphatic heterocycles. The maximum Gasteiger partial charge on any atom is 0.123 e. The molecule has 1 heterocycles. The number of fused-ring (bicyclic) bond motifs is 1. The van der Waals surface area contributed by atoms with Crippen molar-refractivity contribution in [1.82, 2.24) is 4.98 Å². The van der Waals surface area contributed by atoms with E-state index in [-0.39, 0.29) is 5.82 Å². The first-order chi connectivity index (χ1) is 8.24. The van der Waals surface area contributed by atoms with E-state index in [0.29, 0.717) is 5.02 Å². The molecule has 17 heavy (non-hydrogen) atoms. The van der Waals surface area contributed by atoms with Crippen LogP contribution in [0.4, 0.5) is 4.39 Å². The summed E-state index contributed by atoms with van der Waals surface area (Å²) in [6.07, 6.45) is 1.91. The first-order valence-electron chi connectivity index (χ1n) is 5.26. The van der Waals surface area contributed by atoms with E-state index in [1.807, 2.05) is 24.4 Å². The maximum atomic E-state index is 12.9. The Hall–Kier alpha value is -1.80. The zero-order chi connectivity index (χ0) is 11.8. The number of hydrogen-bond acceptors (Lipinski definition) is 0. The molecule has 3 aromatic rings. The van der Waals surface area contributed by atoms with E-state index in [2.05, 4.69) is 4.98 Å². The molecule has 3 rings (SSSR count). The zero-order valence-corrected chi connectivity index (χ0v) is 9.63. The number of benzene rings is 2. The van der Waals surface area contributed by atoms with Gasteiger partial charge in [-0.1, -0.05) is 29.8 Å². The van der Waals surface area contributed by atoms with Gasteiger partial charge in [0.1, 0.15) is 5.82 Å². The van der Waals surface area contributed by atoms with Crippen molar-refractivity contribution in [2.75, 3.05) is 0 Å². The van der Waals surface area contributed by atoms with Gasteiger partial charge in [0, 0.05) is 27.7 Å². The van der Waals surface area contributed by atoms with Gasteiger partial charge in [0.2, 0.25) is 0 Å². The number of aromatic amines is 1.